The number of aromatic nitrogens is 2. The van der Waals surface area contributed by atoms with Crippen molar-refractivity contribution in [2.24, 2.45) is 0 Å². The van der Waals surface area contributed by atoms with Crippen molar-refractivity contribution in [1.29, 1.82) is 0 Å². The van der Waals surface area contributed by atoms with Crippen LogP contribution in [0.15, 0.2) is 91.1 Å². The van der Waals surface area contributed by atoms with Gasteiger partial charge in [-0.15, -0.1) is 0 Å². The summed E-state index contributed by atoms with van der Waals surface area (Å²) < 4.78 is 18.7. The number of rotatable bonds is 6. The average molecular weight is 892 g/mol. The lowest BCUT2D eigenvalue weighted by molar-refractivity contribution is -0.114. The number of hydrogen-bond donors (Lipinski definition) is 3. The van der Waals surface area contributed by atoms with Crippen molar-refractivity contribution in [2.75, 3.05) is 28.8 Å². The molecule has 6 aromatic rings. The van der Waals surface area contributed by atoms with Gasteiger partial charge < -0.3 is 30.0 Å². The van der Waals surface area contributed by atoms with Gasteiger partial charge >= 0.3 is 0 Å². The molecule has 11 nitrogen and oxygen atoms in total. The van der Waals surface area contributed by atoms with Gasteiger partial charge in [-0.25, -0.2) is 4.98 Å². The molecule has 0 aliphatic carbocycles. The summed E-state index contributed by atoms with van der Waals surface area (Å²) in [7, 11) is 0. The molecule has 4 heterocycles. The van der Waals surface area contributed by atoms with E-state index in [0.29, 0.717) is 5.13 Å². The largest absolute Gasteiger partial charge is 0.486 e. The number of thiazole rings is 1. The van der Waals surface area contributed by atoms with Crippen molar-refractivity contribution >= 4 is 54.9 Å². The zero-order valence-corrected chi connectivity index (χ0v) is 41.0. The molecule has 4 aromatic carbocycles. The van der Waals surface area contributed by atoms with Crippen molar-refractivity contribution < 1.29 is 28.9 Å². The van der Waals surface area contributed by atoms with Crippen LogP contribution in [0.25, 0.3) is 21.1 Å². The number of benzene rings is 4. The van der Waals surface area contributed by atoms with Gasteiger partial charge in [-0.3, -0.25) is 19.7 Å². The Kier molecular flexibility index (Phi) is 16.3. The normalized spacial score (nSPS) is 13.4. The van der Waals surface area contributed by atoms with E-state index in [4.69, 9.17) is 24.2 Å². The molecular formula is C52H69N5O6S. The SMILES string of the molecule is CC(=O)Nc1nc2c(OC(C)(C)C)cccc2s1.CC(C)(C)ON1CCc2ccc(CO)cc21.CC(C)(C)Oc1cccc2c1NCCC2.CC(C)(C)Oc1cccc2cccnc12. The van der Waals surface area contributed by atoms with Crippen LogP contribution in [0.5, 0.6) is 17.2 Å². The molecule has 0 bridgehead atoms. The fourth-order valence-electron chi connectivity index (χ4n) is 6.84. The van der Waals surface area contributed by atoms with Gasteiger partial charge in [-0.05, 0) is 155 Å². The number of hydrogen-bond acceptors (Lipinski definition) is 11. The second kappa shape index (κ2) is 21.0. The molecule has 0 saturated heterocycles. The molecule has 0 fully saturated rings. The van der Waals surface area contributed by atoms with Crippen LogP contribution in [0.1, 0.15) is 113 Å². The van der Waals surface area contributed by atoms with Crippen LogP contribution in [-0.2, 0) is 29.1 Å². The van der Waals surface area contributed by atoms with Gasteiger partial charge in [0.25, 0.3) is 0 Å². The topological polar surface area (TPSA) is 127 Å². The first-order valence-corrected chi connectivity index (χ1v) is 22.9. The zero-order chi connectivity index (χ0) is 46.9. The minimum Gasteiger partial charge on any atom is -0.486 e. The molecule has 2 aliphatic rings. The first-order chi connectivity index (χ1) is 30.0. The minimum atomic E-state index is -0.272. The summed E-state index contributed by atoms with van der Waals surface area (Å²) in [5.41, 5.74) is 6.84. The van der Waals surface area contributed by atoms with Gasteiger partial charge in [0, 0.05) is 31.6 Å². The molecule has 12 heteroatoms. The molecule has 344 valence electrons. The van der Waals surface area contributed by atoms with Crippen molar-refractivity contribution in [3.8, 4) is 17.2 Å². The monoisotopic (exact) mass is 891 g/mol. The van der Waals surface area contributed by atoms with E-state index >= 15 is 0 Å². The third-order valence-corrected chi connectivity index (χ3v) is 10.1. The summed E-state index contributed by atoms with van der Waals surface area (Å²) in [5.74, 6) is 2.46. The molecular weight excluding hydrogens is 823 g/mol. The Morgan fingerprint density at radius 3 is 1.98 bits per heavy atom. The molecule has 0 radical (unpaired) electrons. The Bertz CT molecular complexity index is 2470. The van der Waals surface area contributed by atoms with Gasteiger partial charge in [-0.1, -0.05) is 59.9 Å². The average Bonchev–Trinajstić information content (AvgIpc) is 3.80. The van der Waals surface area contributed by atoms with Crippen LogP contribution in [0.4, 0.5) is 16.5 Å². The third-order valence-electron chi connectivity index (χ3n) is 9.12. The van der Waals surface area contributed by atoms with Gasteiger partial charge in [0.1, 0.15) is 45.1 Å². The summed E-state index contributed by atoms with van der Waals surface area (Å²) in [6, 6.07) is 28.1. The highest BCUT2D eigenvalue weighted by atomic mass is 32.1. The van der Waals surface area contributed by atoms with Gasteiger partial charge in [0.2, 0.25) is 5.91 Å². The Morgan fingerprint density at radius 2 is 1.34 bits per heavy atom. The number of ether oxygens (including phenoxy) is 3. The molecule has 64 heavy (non-hydrogen) atoms. The maximum atomic E-state index is 11.0. The lowest BCUT2D eigenvalue weighted by atomic mass is 10.0. The molecule has 8 rings (SSSR count). The summed E-state index contributed by atoms with van der Waals surface area (Å²) in [5, 5.41) is 18.9. The number of aliphatic hydroxyl groups is 1. The van der Waals surface area contributed by atoms with Crippen molar-refractivity contribution in [1.82, 2.24) is 9.97 Å². The van der Waals surface area contributed by atoms with E-state index in [9.17, 15) is 4.79 Å². The van der Waals surface area contributed by atoms with Gasteiger partial charge in [0.15, 0.2) is 5.13 Å². The number of aryl methyl sites for hydroxylation is 1. The number of pyridine rings is 1. The van der Waals surface area contributed by atoms with Gasteiger partial charge in [-0.2, -0.15) is 0 Å². The van der Waals surface area contributed by atoms with Crippen molar-refractivity contribution in [3.05, 3.63) is 108 Å². The van der Waals surface area contributed by atoms with E-state index < -0.39 is 0 Å². The number of carbonyl (C=O) groups excluding carboxylic acids is 1. The molecule has 0 atom stereocenters. The van der Waals surface area contributed by atoms with Crippen LogP contribution in [0.2, 0.25) is 0 Å². The van der Waals surface area contributed by atoms with Crippen LogP contribution >= 0.6 is 11.3 Å². The first kappa shape index (κ1) is 49.6. The fraction of sp³-hybridized carbons (Fsp3) is 0.442. The highest BCUT2D eigenvalue weighted by Gasteiger charge is 2.25. The predicted molar refractivity (Wildman–Crippen MR) is 264 cm³/mol. The smallest absolute Gasteiger partial charge is 0.223 e. The van der Waals surface area contributed by atoms with Crippen LogP contribution < -0.4 is 29.9 Å². The van der Waals surface area contributed by atoms with Crippen molar-refractivity contribution in [3.63, 3.8) is 0 Å². The molecule has 0 spiro atoms. The molecule has 1 amide bonds. The second-order valence-electron chi connectivity index (χ2n) is 19.8. The standard InChI is InChI=1S/C13H16N2O2S.C13H19NO2.C13H19NO.C13H15NO/c1-8(16)14-12-15-11-9(17-13(2,3)4)6-5-7-10(11)18-12;1-13(2,3)16-14-7-6-11-5-4-10(9-15)8-12(11)14;2*1-13(2,3)15-11-8-4-6-10-7-5-9-14-12(10)11/h5-7H,1-4H3,(H,14,15,16);4-5,8,15H,6-7,9H2,1-3H3;4,6,8,14H,5,7,9H2,1-3H3;4-9H,1-3H3. The molecule has 3 N–H and O–H groups in total. The lowest BCUT2D eigenvalue weighted by Gasteiger charge is -2.28. The van der Waals surface area contributed by atoms with E-state index in [1.807, 2.05) is 134 Å². The Hall–Kier alpha value is -5.43. The van der Waals surface area contributed by atoms with E-state index in [1.165, 1.54) is 41.5 Å². The van der Waals surface area contributed by atoms with Crippen molar-refractivity contribution in [2.45, 2.75) is 138 Å². The van der Waals surface area contributed by atoms with Crippen LogP contribution in [0, 0.1) is 0 Å². The number of carbonyl (C=O) groups is 1. The number of fused-ring (bicyclic) bond motifs is 4. The Labute approximate surface area is 384 Å². The summed E-state index contributed by atoms with van der Waals surface area (Å²) >= 11 is 1.44. The van der Waals surface area contributed by atoms with Crippen LogP contribution in [0.3, 0.4) is 0 Å². The number of amides is 1. The minimum absolute atomic E-state index is 0.0800. The summed E-state index contributed by atoms with van der Waals surface area (Å²) in [4.78, 5) is 25.6. The quantitative estimate of drug-likeness (QED) is 0.149. The Balaban J connectivity index is 0.000000161. The molecule has 2 aromatic heterocycles. The number of hydroxylamine groups is 1. The van der Waals surface area contributed by atoms with E-state index in [2.05, 4.69) is 59.6 Å². The number of aliphatic hydroxyl groups excluding tert-OH is 1. The number of nitrogens with zero attached hydrogens (tertiary/aromatic N) is 3. The van der Waals surface area contributed by atoms with Crippen LogP contribution in [-0.4, -0.2) is 56.5 Å². The maximum Gasteiger partial charge on any atom is 0.223 e. The number of nitrogens with one attached hydrogen (secondary N) is 2. The van der Waals surface area contributed by atoms with E-state index in [-0.39, 0.29) is 34.9 Å². The highest BCUT2D eigenvalue weighted by Crippen LogP contribution is 2.36. The highest BCUT2D eigenvalue weighted by molar-refractivity contribution is 7.22. The maximum absolute atomic E-state index is 11.0. The molecule has 0 saturated carbocycles. The summed E-state index contributed by atoms with van der Waals surface area (Å²) in [6.45, 7) is 27.9. The number of para-hydroxylation sites is 3. The third kappa shape index (κ3) is 15.4. The zero-order valence-electron chi connectivity index (χ0n) is 40.1. The first-order valence-electron chi connectivity index (χ1n) is 22.1. The fourth-order valence-corrected chi connectivity index (χ4v) is 7.77. The van der Waals surface area contributed by atoms with E-state index in [0.717, 1.165) is 75.6 Å². The van der Waals surface area contributed by atoms with Gasteiger partial charge in [0.05, 0.1) is 28.3 Å². The second-order valence-corrected chi connectivity index (χ2v) is 20.8. The molecule has 0 unspecified atom stereocenters. The van der Waals surface area contributed by atoms with E-state index in [1.54, 1.807) is 6.20 Å². The molecule has 2 aliphatic heterocycles. The summed E-state index contributed by atoms with van der Waals surface area (Å²) in [6.07, 6.45) is 5.17. The lowest BCUT2D eigenvalue weighted by Crippen LogP contribution is -2.32. The number of anilines is 3. The Morgan fingerprint density at radius 1 is 0.734 bits per heavy atom. The predicted octanol–water partition coefficient (Wildman–Crippen LogP) is 12.3.